The standard InChI is InChI=1S/C21H21FN2OS/c1-4-5-7-10-15(2)17-13-16(3)20(22)19(14-17)21(25)23-24-26-18-11-8-6-9-12-18/h4-14,24H,2H2,1,3H3,(H,23,25)/b5-4-,10-7-. The molecule has 0 saturated heterocycles. The summed E-state index contributed by atoms with van der Waals surface area (Å²) in [7, 11) is 0. The van der Waals surface area contributed by atoms with Crippen molar-refractivity contribution in [3.8, 4) is 0 Å². The van der Waals surface area contributed by atoms with Crippen molar-refractivity contribution in [3.05, 3.63) is 95.9 Å². The fourth-order valence-corrected chi connectivity index (χ4v) is 2.74. The summed E-state index contributed by atoms with van der Waals surface area (Å²) in [6.07, 6.45) is 7.44. The lowest BCUT2D eigenvalue weighted by Gasteiger charge is -2.11. The third kappa shape index (κ3) is 5.44. The molecule has 1 amide bonds. The predicted molar refractivity (Wildman–Crippen MR) is 107 cm³/mol. The van der Waals surface area contributed by atoms with E-state index in [1.807, 2.05) is 61.6 Å². The summed E-state index contributed by atoms with van der Waals surface area (Å²) in [4.78, 5) is 16.0. The number of amides is 1. The second kappa shape index (κ2) is 9.75. The van der Waals surface area contributed by atoms with E-state index in [-0.39, 0.29) is 5.56 Å². The van der Waals surface area contributed by atoms with Crippen molar-refractivity contribution < 1.29 is 9.18 Å². The number of nitrogens with one attached hydrogen (secondary N) is 2. The molecule has 0 saturated carbocycles. The lowest BCUT2D eigenvalue weighted by Crippen LogP contribution is -2.33. The highest BCUT2D eigenvalue weighted by atomic mass is 32.2. The Balaban J connectivity index is 2.11. The highest BCUT2D eigenvalue weighted by Gasteiger charge is 2.15. The van der Waals surface area contributed by atoms with Gasteiger partial charge < -0.3 is 0 Å². The fourth-order valence-electron chi connectivity index (χ4n) is 2.19. The number of rotatable bonds is 7. The maximum absolute atomic E-state index is 14.4. The molecule has 0 fully saturated rings. The highest BCUT2D eigenvalue weighted by Crippen LogP contribution is 2.22. The van der Waals surface area contributed by atoms with Gasteiger partial charge in [0.25, 0.3) is 5.91 Å². The SMILES string of the molecule is C=C(/C=C\C=C/C)c1cc(C)c(F)c(C(=O)NNSc2ccccc2)c1. The van der Waals surface area contributed by atoms with Crippen LogP contribution in [0.3, 0.4) is 0 Å². The molecule has 2 rings (SSSR count). The zero-order chi connectivity index (χ0) is 18.9. The molecule has 0 unspecified atom stereocenters. The Labute approximate surface area is 157 Å². The molecule has 26 heavy (non-hydrogen) atoms. The minimum absolute atomic E-state index is 0.0262. The molecule has 0 aromatic heterocycles. The lowest BCUT2D eigenvalue weighted by atomic mass is 10.00. The van der Waals surface area contributed by atoms with E-state index in [9.17, 15) is 9.18 Å². The maximum atomic E-state index is 14.4. The van der Waals surface area contributed by atoms with Crippen molar-refractivity contribution in [1.82, 2.24) is 10.3 Å². The first-order valence-corrected chi connectivity index (χ1v) is 8.90. The van der Waals surface area contributed by atoms with E-state index < -0.39 is 11.7 Å². The zero-order valence-electron chi connectivity index (χ0n) is 14.8. The van der Waals surface area contributed by atoms with Crippen LogP contribution in [0, 0.1) is 12.7 Å². The summed E-state index contributed by atoms with van der Waals surface area (Å²) in [5.74, 6) is -1.08. The summed E-state index contributed by atoms with van der Waals surface area (Å²) < 4.78 is 14.4. The summed E-state index contributed by atoms with van der Waals surface area (Å²) in [5, 5.41) is 0. The van der Waals surface area contributed by atoms with E-state index in [1.54, 1.807) is 13.0 Å². The molecule has 0 atom stereocenters. The average molecular weight is 368 g/mol. The largest absolute Gasteiger partial charge is 0.277 e. The molecule has 0 radical (unpaired) electrons. The zero-order valence-corrected chi connectivity index (χ0v) is 15.6. The van der Waals surface area contributed by atoms with E-state index in [4.69, 9.17) is 0 Å². The van der Waals surface area contributed by atoms with Gasteiger partial charge in [0, 0.05) is 4.90 Å². The van der Waals surface area contributed by atoms with E-state index in [1.165, 1.54) is 18.0 Å². The van der Waals surface area contributed by atoms with Crippen LogP contribution >= 0.6 is 11.9 Å². The Bertz CT molecular complexity index is 845. The van der Waals surface area contributed by atoms with E-state index in [0.29, 0.717) is 16.7 Å². The Hall–Kier alpha value is -2.63. The van der Waals surface area contributed by atoms with Gasteiger partial charge in [-0.25, -0.2) is 4.39 Å². The van der Waals surface area contributed by atoms with Gasteiger partial charge in [-0.2, -0.15) is 4.83 Å². The Morgan fingerprint density at radius 1 is 1.19 bits per heavy atom. The molecule has 0 heterocycles. The van der Waals surface area contributed by atoms with Gasteiger partial charge in [0.1, 0.15) is 5.82 Å². The van der Waals surface area contributed by atoms with Crippen LogP contribution < -0.4 is 10.3 Å². The van der Waals surface area contributed by atoms with Crippen LogP contribution in [-0.2, 0) is 0 Å². The number of halogens is 1. The molecule has 0 bridgehead atoms. The molecule has 0 aliphatic carbocycles. The number of hydrogen-bond acceptors (Lipinski definition) is 3. The fraction of sp³-hybridized carbons (Fsp3) is 0.0952. The van der Waals surface area contributed by atoms with Gasteiger partial charge in [0.2, 0.25) is 0 Å². The minimum Gasteiger partial charge on any atom is -0.277 e. The molecule has 0 aliphatic heterocycles. The number of aryl methyl sites for hydroxylation is 1. The average Bonchev–Trinajstić information content (AvgIpc) is 2.64. The number of hydrazine groups is 1. The van der Waals surface area contributed by atoms with E-state index in [0.717, 1.165) is 4.90 Å². The molecular formula is C21H21FN2OS. The predicted octanol–water partition coefficient (Wildman–Crippen LogP) is 5.22. The molecule has 3 nitrogen and oxygen atoms in total. The number of carbonyl (C=O) groups excluding carboxylic acids is 1. The topological polar surface area (TPSA) is 41.1 Å². The quantitative estimate of drug-likeness (QED) is 0.400. The second-order valence-corrected chi connectivity index (χ2v) is 6.42. The maximum Gasteiger partial charge on any atom is 0.269 e. The van der Waals surface area contributed by atoms with Gasteiger partial charge in [-0.3, -0.25) is 10.2 Å². The highest BCUT2D eigenvalue weighted by molar-refractivity contribution is 7.97. The van der Waals surface area contributed by atoms with Gasteiger partial charge >= 0.3 is 0 Å². The molecule has 2 aromatic rings. The first kappa shape index (κ1) is 19.7. The number of benzene rings is 2. The van der Waals surface area contributed by atoms with Crippen molar-refractivity contribution in [1.29, 1.82) is 0 Å². The molecule has 2 aromatic carbocycles. The monoisotopic (exact) mass is 368 g/mol. The number of allylic oxidation sites excluding steroid dienone is 5. The van der Waals surface area contributed by atoms with Gasteiger partial charge in [-0.1, -0.05) is 49.1 Å². The number of carbonyl (C=O) groups is 1. The van der Waals surface area contributed by atoms with Gasteiger partial charge in [-0.15, -0.1) is 0 Å². The van der Waals surface area contributed by atoms with Crippen molar-refractivity contribution in [2.24, 2.45) is 0 Å². The summed E-state index contributed by atoms with van der Waals surface area (Å²) in [6, 6.07) is 12.7. The van der Waals surface area contributed by atoms with Crippen LogP contribution in [0.1, 0.15) is 28.4 Å². The van der Waals surface area contributed by atoms with Gasteiger partial charge in [0.05, 0.1) is 5.56 Å². The van der Waals surface area contributed by atoms with Crippen molar-refractivity contribution in [2.45, 2.75) is 18.7 Å². The third-order valence-electron chi connectivity index (χ3n) is 3.55. The van der Waals surface area contributed by atoms with Crippen LogP contribution in [0.2, 0.25) is 0 Å². The molecule has 134 valence electrons. The third-order valence-corrected chi connectivity index (χ3v) is 4.26. The first-order chi connectivity index (χ1) is 12.5. The van der Waals surface area contributed by atoms with E-state index >= 15 is 0 Å². The van der Waals surface area contributed by atoms with Crippen LogP contribution in [0.5, 0.6) is 0 Å². The van der Waals surface area contributed by atoms with Crippen LogP contribution in [-0.4, -0.2) is 5.91 Å². The number of hydrogen-bond donors (Lipinski definition) is 2. The lowest BCUT2D eigenvalue weighted by molar-refractivity contribution is 0.0943. The normalized spacial score (nSPS) is 11.2. The van der Waals surface area contributed by atoms with Crippen molar-refractivity contribution >= 4 is 23.4 Å². The second-order valence-electron chi connectivity index (χ2n) is 5.54. The van der Waals surface area contributed by atoms with Crippen molar-refractivity contribution in [2.75, 3.05) is 0 Å². The van der Waals surface area contributed by atoms with E-state index in [2.05, 4.69) is 16.8 Å². The minimum atomic E-state index is -0.541. The smallest absolute Gasteiger partial charge is 0.269 e. The summed E-state index contributed by atoms with van der Waals surface area (Å²) in [6.45, 7) is 7.52. The first-order valence-electron chi connectivity index (χ1n) is 8.09. The van der Waals surface area contributed by atoms with Crippen LogP contribution in [0.15, 0.2) is 78.2 Å². The molecule has 0 aliphatic rings. The Kier molecular flexibility index (Phi) is 7.38. The molecule has 5 heteroatoms. The molecule has 2 N–H and O–H groups in total. The summed E-state index contributed by atoms with van der Waals surface area (Å²) >= 11 is 1.24. The molecular weight excluding hydrogens is 347 g/mol. The van der Waals surface area contributed by atoms with Crippen LogP contribution in [0.4, 0.5) is 4.39 Å². The van der Waals surface area contributed by atoms with Crippen molar-refractivity contribution in [3.63, 3.8) is 0 Å². The Morgan fingerprint density at radius 3 is 2.62 bits per heavy atom. The van der Waals surface area contributed by atoms with Gasteiger partial charge in [-0.05, 0) is 66.8 Å². The summed E-state index contributed by atoms with van der Waals surface area (Å²) in [5.41, 5.74) is 4.28. The van der Waals surface area contributed by atoms with Gasteiger partial charge in [0.15, 0.2) is 0 Å². The Morgan fingerprint density at radius 2 is 1.92 bits per heavy atom. The molecule has 0 spiro atoms. The van der Waals surface area contributed by atoms with Crippen LogP contribution in [0.25, 0.3) is 5.57 Å².